The second-order valence-corrected chi connectivity index (χ2v) is 4.27. The van der Waals surface area contributed by atoms with Gasteiger partial charge in [-0.05, 0) is 24.1 Å². The molecule has 1 rings (SSSR count). The van der Waals surface area contributed by atoms with Gasteiger partial charge in [-0.25, -0.2) is 0 Å². The molecule has 0 saturated heterocycles. The number of nitrogens with zero attached hydrogens (tertiary/aromatic N) is 1. The summed E-state index contributed by atoms with van der Waals surface area (Å²) in [5, 5.41) is 13.0. The van der Waals surface area contributed by atoms with Gasteiger partial charge in [0.25, 0.3) is 0 Å². The van der Waals surface area contributed by atoms with Crippen LogP contribution < -0.4 is 5.32 Å². The first-order valence-corrected chi connectivity index (χ1v) is 5.46. The van der Waals surface area contributed by atoms with E-state index < -0.39 is 0 Å². The molecule has 0 fully saturated rings. The minimum atomic E-state index is -0.326. The van der Waals surface area contributed by atoms with Crippen LogP contribution in [0.2, 0.25) is 0 Å². The molecule has 0 aromatic carbocycles. The van der Waals surface area contributed by atoms with E-state index in [0.29, 0.717) is 18.9 Å². The van der Waals surface area contributed by atoms with Crippen molar-refractivity contribution in [3.8, 4) is 0 Å². The number of aromatic nitrogens is 1. The minimum Gasteiger partial charge on any atom is -0.391 e. The van der Waals surface area contributed by atoms with Gasteiger partial charge in [-0.3, -0.25) is 4.98 Å². The summed E-state index contributed by atoms with van der Waals surface area (Å²) in [6.45, 7) is 5.90. The van der Waals surface area contributed by atoms with Crippen LogP contribution in [0.4, 0.5) is 0 Å². The molecule has 1 atom stereocenters. The lowest BCUT2D eigenvalue weighted by molar-refractivity contribution is 0.170. The van der Waals surface area contributed by atoms with Crippen LogP contribution in [-0.4, -0.2) is 29.3 Å². The SMILES string of the molecule is CC(C)CNCC(O)Cc1cccnc1. The molecule has 0 amide bonds. The van der Waals surface area contributed by atoms with Crippen molar-refractivity contribution in [2.45, 2.75) is 26.4 Å². The van der Waals surface area contributed by atoms with E-state index in [0.717, 1.165) is 12.1 Å². The van der Waals surface area contributed by atoms with Crippen LogP contribution in [0.1, 0.15) is 19.4 Å². The van der Waals surface area contributed by atoms with E-state index in [1.165, 1.54) is 0 Å². The maximum absolute atomic E-state index is 9.73. The average molecular weight is 208 g/mol. The number of pyridine rings is 1. The monoisotopic (exact) mass is 208 g/mol. The van der Waals surface area contributed by atoms with Gasteiger partial charge in [0, 0.05) is 25.4 Å². The Morgan fingerprint density at radius 1 is 1.40 bits per heavy atom. The summed E-state index contributed by atoms with van der Waals surface area (Å²) >= 11 is 0. The Kier molecular flexibility index (Phi) is 5.29. The first-order valence-electron chi connectivity index (χ1n) is 5.46. The molecule has 2 N–H and O–H groups in total. The van der Waals surface area contributed by atoms with Crippen molar-refractivity contribution in [3.63, 3.8) is 0 Å². The molecule has 0 aliphatic heterocycles. The number of hydrogen-bond donors (Lipinski definition) is 2. The summed E-state index contributed by atoms with van der Waals surface area (Å²) in [7, 11) is 0. The predicted octanol–water partition coefficient (Wildman–Crippen LogP) is 1.23. The van der Waals surface area contributed by atoms with E-state index >= 15 is 0 Å². The fourth-order valence-corrected chi connectivity index (χ4v) is 1.40. The van der Waals surface area contributed by atoms with Gasteiger partial charge in [0.15, 0.2) is 0 Å². The van der Waals surface area contributed by atoms with Gasteiger partial charge in [0.2, 0.25) is 0 Å². The number of aliphatic hydroxyl groups is 1. The molecular formula is C12H20N2O. The fraction of sp³-hybridized carbons (Fsp3) is 0.583. The van der Waals surface area contributed by atoms with Crippen LogP contribution in [-0.2, 0) is 6.42 Å². The van der Waals surface area contributed by atoms with Gasteiger partial charge < -0.3 is 10.4 Å². The maximum Gasteiger partial charge on any atom is 0.0705 e. The molecule has 0 aliphatic carbocycles. The lowest BCUT2D eigenvalue weighted by Crippen LogP contribution is -2.30. The third kappa shape index (κ3) is 5.50. The lowest BCUT2D eigenvalue weighted by atomic mass is 10.1. The van der Waals surface area contributed by atoms with E-state index in [-0.39, 0.29) is 6.10 Å². The summed E-state index contributed by atoms with van der Waals surface area (Å²) in [6, 6.07) is 3.88. The second kappa shape index (κ2) is 6.53. The van der Waals surface area contributed by atoms with Crippen LogP contribution in [0.5, 0.6) is 0 Å². The molecule has 0 radical (unpaired) electrons. The lowest BCUT2D eigenvalue weighted by Gasteiger charge is -2.12. The van der Waals surface area contributed by atoms with Crippen molar-refractivity contribution >= 4 is 0 Å². The Morgan fingerprint density at radius 2 is 2.20 bits per heavy atom. The predicted molar refractivity (Wildman–Crippen MR) is 61.7 cm³/mol. The maximum atomic E-state index is 9.73. The van der Waals surface area contributed by atoms with Crippen LogP contribution in [0, 0.1) is 5.92 Å². The standard InChI is InChI=1S/C12H20N2O/c1-10(2)7-14-9-12(15)6-11-4-3-5-13-8-11/h3-5,8,10,12,14-15H,6-7,9H2,1-2H3. The normalized spacial score (nSPS) is 13.1. The highest BCUT2D eigenvalue weighted by Gasteiger charge is 2.05. The Balaban J connectivity index is 2.21. The molecule has 1 aromatic heterocycles. The quantitative estimate of drug-likeness (QED) is 0.739. The molecular weight excluding hydrogens is 188 g/mol. The van der Waals surface area contributed by atoms with E-state index in [2.05, 4.69) is 24.1 Å². The van der Waals surface area contributed by atoms with Crippen molar-refractivity contribution in [2.75, 3.05) is 13.1 Å². The van der Waals surface area contributed by atoms with Crippen molar-refractivity contribution in [1.82, 2.24) is 10.3 Å². The molecule has 1 aromatic rings. The molecule has 15 heavy (non-hydrogen) atoms. The van der Waals surface area contributed by atoms with Gasteiger partial charge in [-0.1, -0.05) is 19.9 Å². The smallest absolute Gasteiger partial charge is 0.0705 e. The van der Waals surface area contributed by atoms with E-state index in [4.69, 9.17) is 0 Å². The summed E-state index contributed by atoms with van der Waals surface area (Å²) in [4.78, 5) is 4.01. The Hall–Kier alpha value is -0.930. The molecule has 1 unspecified atom stereocenters. The van der Waals surface area contributed by atoms with Crippen LogP contribution in [0.15, 0.2) is 24.5 Å². The average Bonchev–Trinajstić information content (AvgIpc) is 2.18. The Labute approximate surface area is 91.5 Å². The largest absolute Gasteiger partial charge is 0.391 e. The van der Waals surface area contributed by atoms with Gasteiger partial charge in [-0.15, -0.1) is 0 Å². The third-order valence-electron chi connectivity index (χ3n) is 2.13. The van der Waals surface area contributed by atoms with Crippen molar-refractivity contribution in [3.05, 3.63) is 30.1 Å². The second-order valence-electron chi connectivity index (χ2n) is 4.27. The van der Waals surface area contributed by atoms with Crippen LogP contribution in [0.25, 0.3) is 0 Å². The summed E-state index contributed by atoms with van der Waals surface area (Å²) < 4.78 is 0. The highest BCUT2D eigenvalue weighted by Crippen LogP contribution is 2.00. The molecule has 3 nitrogen and oxygen atoms in total. The molecule has 0 bridgehead atoms. The summed E-state index contributed by atoms with van der Waals surface area (Å²) in [5.74, 6) is 0.621. The molecule has 1 heterocycles. The van der Waals surface area contributed by atoms with Gasteiger partial charge in [-0.2, -0.15) is 0 Å². The van der Waals surface area contributed by atoms with Gasteiger partial charge in [0.1, 0.15) is 0 Å². The number of hydrogen-bond acceptors (Lipinski definition) is 3. The highest BCUT2D eigenvalue weighted by atomic mass is 16.3. The zero-order valence-electron chi connectivity index (χ0n) is 9.48. The summed E-state index contributed by atoms with van der Waals surface area (Å²) in [6.07, 6.45) is 3.88. The van der Waals surface area contributed by atoms with E-state index in [1.807, 2.05) is 12.1 Å². The molecule has 84 valence electrons. The van der Waals surface area contributed by atoms with E-state index in [1.54, 1.807) is 12.4 Å². The summed E-state index contributed by atoms with van der Waals surface area (Å²) in [5.41, 5.74) is 1.08. The molecule has 0 aliphatic rings. The number of rotatable bonds is 6. The molecule has 0 spiro atoms. The van der Waals surface area contributed by atoms with Crippen LogP contribution >= 0.6 is 0 Å². The first kappa shape index (κ1) is 12.1. The third-order valence-corrected chi connectivity index (χ3v) is 2.13. The van der Waals surface area contributed by atoms with Crippen molar-refractivity contribution in [2.24, 2.45) is 5.92 Å². The first-order chi connectivity index (χ1) is 7.18. The molecule has 0 saturated carbocycles. The Bertz CT molecular complexity index is 262. The van der Waals surface area contributed by atoms with Crippen LogP contribution in [0.3, 0.4) is 0 Å². The zero-order chi connectivity index (χ0) is 11.1. The number of nitrogens with one attached hydrogen (secondary N) is 1. The van der Waals surface area contributed by atoms with Gasteiger partial charge >= 0.3 is 0 Å². The fourth-order valence-electron chi connectivity index (χ4n) is 1.40. The Morgan fingerprint density at radius 3 is 2.80 bits per heavy atom. The number of aliphatic hydroxyl groups excluding tert-OH is 1. The van der Waals surface area contributed by atoms with Crippen molar-refractivity contribution in [1.29, 1.82) is 0 Å². The highest BCUT2D eigenvalue weighted by molar-refractivity contribution is 5.09. The van der Waals surface area contributed by atoms with Crippen molar-refractivity contribution < 1.29 is 5.11 Å². The topological polar surface area (TPSA) is 45.1 Å². The van der Waals surface area contributed by atoms with Gasteiger partial charge in [0.05, 0.1) is 6.10 Å². The van der Waals surface area contributed by atoms with E-state index in [9.17, 15) is 5.11 Å². The zero-order valence-corrected chi connectivity index (χ0v) is 9.48. The molecule has 3 heteroatoms. The minimum absolute atomic E-state index is 0.326.